The van der Waals surface area contributed by atoms with Gasteiger partial charge in [-0.15, -0.1) is 0 Å². The number of rotatable bonds is 15. The molecule has 0 unspecified atom stereocenters. The summed E-state index contributed by atoms with van der Waals surface area (Å²) in [6.45, 7) is 0.397. The first-order chi connectivity index (χ1) is 22.0. The number of benzene rings is 3. The van der Waals surface area contributed by atoms with Crippen molar-refractivity contribution < 1.29 is 29.3 Å². The predicted molar refractivity (Wildman–Crippen MR) is 170 cm³/mol. The van der Waals surface area contributed by atoms with Crippen LogP contribution >= 0.6 is 11.8 Å². The van der Waals surface area contributed by atoms with Gasteiger partial charge in [0.2, 0.25) is 5.91 Å². The average molecular weight is 631 g/mol. The fraction of sp³-hybridized carbons (Fsp3) is 0.353. The maximum atomic E-state index is 12.4. The van der Waals surface area contributed by atoms with Gasteiger partial charge in [-0.05, 0) is 40.7 Å². The summed E-state index contributed by atoms with van der Waals surface area (Å²) >= 11 is 1.56. The van der Waals surface area contributed by atoms with Gasteiger partial charge in [-0.3, -0.25) is 14.7 Å². The SMILES string of the molecule is O=C(O)CCCCCC(=O)NCc1ccccc1-c1ccc([C@H]2O[C@@H](CSc3ncn[nH]3)C[C@@H](c3ccc(CO)cc3)O2)cc1. The third-order valence-electron chi connectivity index (χ3n) is 7.70. The zero-order valence-corrected chi connectivity index (χ0v) is 25.7. The van der Waals surface area contributed by atoms with Crippen molar-refractivity contribution in [3.05, 3.63) is 101 Å². The number of nitrogens with zero attached hydrogens (tertiary/aromatic N) is 2. The summed E-state index contributed by atoms with van der Waals surface area (Å²) in [5.41, 5.74) is 5.83. The zero-order valence-electron chi connectivity index (χ0n) is 24.9. The number of thioether (sulfide) groups is 1. The third-order valence-corrected chi connectivity index (χ3v) is 8.70. The average Bonchev–Trinajstić information content (AvgIpc) is 3.60. The van der Waals surface area contributed by atoms with Crippen molar-refractivity contribution in [2.75, 3.05) is 5.75 Å². The van der Waals surface area contributed by atoms with Crippen molar-refractivity contribution in [3.63, 3.8) is 0 Å². The third kappa shape index (κ3) is 9.48. The number of nitrogens with one attached hydrogen (secondary N) is 2. The Bertz CT molecular complexity index is 1510. The van der Waals surface area contributed by atoms with E-state index in [9.17, 15) is 14.7 Å². The number of aliphatic carboxylic acids is 1. The Morgan fingerprint density at radius 1 is 0.933 bits per heavy atom. The van der Waals surface area contributed by atoms with Crippen molar-refractivity contribution >= 4 is 23.6 Å². The van der Waals surface area contributed by atoms with Crippen molar-refractivity contribution in [1.82, 2.24) is 20.5 Å². The van der Waals surface area contributed by atoms with Crippen molar-refractivity contribution in [2.45, 2.75) is 75.3 Å². The lowest BCUT2D eigenvalue weighted by molar-refractivity contribution is -0.245. The molecule has 5 rings (SSSR count). The van der Waals surface area contributed by atoms with Crippen LogP contribution in [0.2, 0.25) is 0 Å². The van der Waals surface area contributed by atoms with Crippen LogP contribution in [0.4, 0.5) is 0 Å². The monoisotopic (exact) mass is 630 g/mol. The first-order valence-corrected chi connectivity index (χ1v) is 16.1. The van der Waals surface area contributed by atoms with Crippen LogP contribution in [0.3, 0.4) is 0 Å². The number of aliphatic hydroxyl groups is 1. The molecule has 1 amide bonds. The Hall–Kier alpha value is -4.03. The van der Waals surface area contributed by atoms with Gasteiger partial charge in [0.1, 0.15) is 6.33 Å². The van der Waals surface area contributed by atoms with Gasteiger partial charge < -0.3 is 25.0 Å². The molecule has 10 nitrogen and oxygen atoms in total. The quantitative estimate of drug-likeness (QED) is 0.0924. The van der Waals surface area contributed by atoms with E-state index < -0.39 is 12.3 Å². The molecule has 1 aromatic heterocycles. The smallest absolute Gasteiger partial charge is 0.303 e. The number of H-pyrrole nitrogens is 1. The van der Waals surface area contributed by atoms with Gasteiger partial charge in [-0.2, -0.15) is 5.10 Å². The summed E-state index contributed by atoms with van der Waals surface area (Å²) < 4.78 is 12.9. The van der Waals surface area contributed by atoms with Crippen LogP contribution in [-0.2, 0) is 32.2 Å². The highest BCUT2D eigenvalue weighted by Gasteiger charge is 2.32. The molecule has 3 atom stereocenters. The van der Waals surface area contributed by atoms with Gasteiger partial charge in [-0.1, -0.05) is 91.0 Å². The molecule has 4 aromatic rings. The van der Waals surface area contributed by atoms with Crippen molar-refractivity contribution in [3.8, 4) is 11.1 Å². The van der Waals surface area contributed by atoms with Gasteiger partial charge in [0.15, 0.2) is 11.4 Å². The molecule has 11 heteroatoms. The van der Waals surface area contributed by atoms with E-state index in [1.165, 1.54) is 6.33 Å². The molecular formula is C34H38N4O6S. The largest absolute Gasteiger partial charge is 0.481 e. The number of ether oxygens (including phenoxy) is 2. The molecule has 0 aliphatic carbocycles. The van der Waals surface area contributed by atoms with Gasteiger partial charge in [-0.25, -0.2) is 4.98 Å². The molecule has 0 radical (unpaired) electrons. The number of aliphatic hydroxyl groups excluding tert-OH is 1. The van der Waals surface area contributed by atoms with Crippen LogP contribution in [0.15, 0.2) is 84.3 Å². The van der Waals surface area contributed by atoms with Crippen LogP contribution in [0.1, 0.15) is 73.2 Å². The highest BCUT2D eigenvalue weighted by atomic mass is 32.2. The van der Waals surface area contributed by atoms with Gasteiger partial charge in [0, 0.05) is 37.1 Å². The standard InChI is InChI=1S/C34H38N4O6S/c39-20-23-10-12-25(13-11-23)30-18-28(21-45-34-36-22-37-38-34)43-33(44-30)26-16-14-24(15-17-26)29-7-5-4-6-27(29)19-35-31(40)8-2-1-3-9-32(41)42/h4-7,10-17,22,28,30,33,39H,1-3,8-9,18-21H2,(H,35,40)(H,41,42)(H,36,37,38)/t28-,30+,33+/m1/s1. The summed E-state index contributed by atoms with van der Waals surface area (Å²) in [4.78, 5) is 27.3. The molecule has 4 N–H and O–H groups in total. The van der Waals surface area contributed by atoms with Crippen LogP contribution in [0, 0.1) is 0 Å². The summed E-state index contributed by atoms with van der Waals surface area (Å²) in [5.74, 6) is -0.169. The van der Waals surface area contributed by atoms with E-state index in [2.05, 4.69) is 20.5 Å². The number of amides is 1. The molecule has 1 aliphatic heterocycles. The molecule has 45 heavy (non-hydrogen) atoms. The minimum atomic E-state index is -0.806. The van der Waals surface area contributed by atoms with Crippen molar-refractivity contribution in [1.29, 1.82) is 0 Å². The summed E-state index contributed by atoms with van der Waals surface area (Å²) in [6, 6.07) is 23.9. The number of carboxylic acids is 1. The number of carbonyl (C=O) groups is 2. The van der Waals surface area contributed by atoms with E-state index in [1.807, 2.05) is 72.8 Å². The lowest BCUT2D eigenvalue weighted by Crippen LogP contribution is -2.31. The summed E-state index contributed by atoms with van der Waals surface area (Å²) in [5, 5.41) is 28.8. The predicted octanol–water partition coefficient (Wildman–Crippen LogP) is 5.95. The number of hydrogen-bond acceptors (Lipinski definition) is 8. The molecule has 3 aromatic carbocycles. The molecule has 0 bridgehead atoms. The lowest BCUT2D eigenvalue weighted by Gasteiger charge is -2.36. The number of aromatic nitrogens is 3. The van der Waals surface area contributed by atoms with E-state index in [4.69, 9.17) is 14.6 Å². The van der Waals surface area contributed by atoms with Gasteiger partial charge in [0.05, 0.1) is 18.8 Å². The van der Waals surface area contributed by atoms with Crippen LogP contribution in [0.25, 0.3) is 11.1 Å². The fourth-order valence-corrected chi connectivity index (χ4v) is 6.05. The summed E-state index contributed by atoms with van der Waals surface area (Å²) in [6.07, 6.45) is 3.80. The van der Waals surface area contributed by atoms with E-state index in [0.29, 0.717) is 38.0 Å². The Kier molecular flexibility index (Phi) is 11.7. The second-order valence-electron chi connectivity index (χ2n) is 11.0. The maximum Gasteiger partial charge on any atom is 0.303 e. The van der Waals surface area contributed by atoms with Gasteiger partial charge >= 0.3 is 5.97 Å². The van der Waals surface area contributed by atoms with Crippen LogP contribution < -0.4 is 5.32 Å². The number of aromatic amines is 1. The lowest BCUT2D eigenvalue weighted by atomic mass is 9.97. The minimum Gasteiger partial charge on any atom is -0.481 e. The second-order valence-corrected chi connectivity index (χ2v) is 12.0. The Balaban J connectivity index is 1.24. The van der Waals surface area contributed by atoms with E-state index in [0.717, 1.165) is 45.0 Å². The van der Waals surface area contributed by atoms with E-state index in [1.54, 1.807) is 11.8 Å². The molecule has 236 valence electrons. The molecule has 2 heterocycles. The first-order valence-electron chi connectivity index (χ1n) is 15.1. The Labute approximate surface area is 266 Å². The number of unbranched alkanes of at least 4 members (excludes halogenated alkanes) is 2. The number of hydrogen-bond donors (Lipinski definition) is 4. The topological polar surface area (TPSA) is 147 Å². The maximum absolute atomic E-state index is 12.4. The number of carboxylic acid groups (broad SMARTS) is 1. The first kappa shape index (κ1) is 32.4. The summed E-state index contributed by atoms with van der Waals surface area (Å²) in [7, 11) is 0. The van der Waals surface area contributed by atoms with Gasteiger partial charge in [0.25, 0.3) is 0 Å². The van der Waals surface area contributed by atoms with Crippen LogP contribution in [0.5, 0.6) is 0 Å². The molecule has 0 saturated carbocycles. The van der Waals surface area contributed by atoms with E-state index in [-0.39, 0.29) is 31.1 Å². The van der Waals surface area contributed by atoms with Crippen molar-refractivity contribution in [2.24, 2.45) is 0 Å². The van der Waals surface area contributed by atoms with E-state index >= 15 is 0 Å². The Morgan fingerprint density at radius 3 is 2.42 bits per heavy atom. The minimum absolute atomic E-state index is 0.00792. The zero-order chi connectivity index (χ0) is 31.4. The molecular weight excluding hydrogens is 592 g/mol. The molecule has 1 aliphatic rings. The normalized spacial score (nSPS) is 18.0. The molecule has 1 saturated heterocycles. The highest BCUT2D eigenvalue weighted by Crippen LogP contribution is 2.39. The molecule has 1 fully saturated rings. The fourth-order valence-electron chi connectivity index (χ4n) is 5.26. The Morgan fingerprint density at radius 2 is 1.69 bits per heavy atom. The number of carbonyl (C=O) groups excluding carboxylic acids is 1. The van der Waals surface area contributed by atoms with Crippen LogP contribution in [-0.4, -0.2) is 49.1 Å². The second kappa shape index (κ2) is 16.3. The highest BCUT2D eigenvalue weighted by molar-refractivity contribution is 7.99. The molecule has 0 spiro atoms.